The molecule has 0 atom stereocenters. The summed E-state index contributed by atoms with van der Waals surface area (Å²) in [7, 11) is 0. The monoisotopic (exact) mass is 417 g/mol. The predicted octanol–water partition coefficient (Wildman–Crippen LogP) is 3.60. The van der Waals surface area contributed by atoms with Crippen molar-refractivity contribution in [3.8, 4) is 5.69 Å². The highest BCUT2D eigenvalue weighted by molar-refractivity contribution is 9.10. The van der Waals surface area contributed by atoms with E-state index in [-0.39, 0.29) is 5.91 Å². The average molecular weight is 418 g/mol. The molecule has 8 heteroatoms. The maximum absolute atomic E-state index is 12.6. The number of carbonyl (C=O) groups is 1. The van der Waals surface area contributed by atoms with Gasteiger partial charge in [-0.15, -0.1) is 16.4 Å². The molecule has 6 nitrogen and oxygen atoms in total. The van der Waals surface area contributed by atoms with Crippen molar-refractivity contribution in [2.75, 3.05) is 0 Å². The van der Waals surface area contributed by atoms with Gasteiger partial charge in [0.05, 0.1) is 17.9 Å². The molecule has 25 heavy (non-hydrogen) atoms. The van der Waals surface area contributed by atoms with Crippen LogP contribution in [-0.4, -0.2) is 25.9 Å². The Labute approximate surface area is 157 Å². The Morgan fingerprint density at radius 1 is 1.36 bits per heavy atom. The summed E-state index contributed by atoms with van der Waals surface area (Å²) in [5.41, 5.74) is 3.19. The van der Waals surface area contributed by atoms with Gasteiger partial charge in [0.2, 0.25) is 0 Å². The van der Waals surface area contributed by atoms with Gasteiger partial charge in [-0.25, -0.2) is 9.67 Å². The number of aromatic nitrogens is 4. The van der Waals surface area contributed by atoms with Crippen molar-refractivity contribution in [2.24, 2.45) is 0 Å². The first-order valence-electron chi connectivity index (χ1n) is 8.02. The lowest BCUT2D eigenvalue weighted by atomic mass is 10.2. The number of amides is 1. The van der Waals surface area contributed by atoms with Crippen LogP contribution in [0.5, 0.6) is 0 Å². The van der Waals surface area contributed by atoms with Crippen LogP contribution in [0.4, 0.5) is 0 Å². The number of hydrogen-bond donors (Lipinski definition) is 1. The molecule has 128 valence electrons. The Bertz CT molecular complexity index is 914. The number of aryl methyl sites for hydroxylation is 1. The molecule has 1 amide bonds. The first-order chi connectivity index (χ1) is 12.1. The topological polar surface area (TPSA) is 72.7 Å². The highest BCUT2D eigenvalue weighted by Crippen LogP contribution is 2.42. The summed E-state index contributed by atoms with van der Waals surface area (Å²) < 4.78 is 2.79. The fourth-order valence-electron chi connectivity index (χ4n) is 2.67. The van der Waals surface area contributed by atoms with Gasteiger partial charge >= 0.3 is 0 Å². The van der Waals surface area contributed by atoms with Crippen LogP contribution < -0.4 is 5.32 Å². The summed E-state index contributed by atoms with van der Waals surface area (Å²) in [6.07, 6.45) is 2.13. The molecule has 1 aromatic carbocycles. The lowest BCUT2D eigenvalue weighted by Gasteiger charge is -2.07. The molecule has 0 spiro atoms. The van der Waals surface area contributed by atoms with E-state index in [0.717, 1.165) is 39.4 Å². The van der Waals surface area contributed by atoms with Crippen LogP contribution in [0.1, 0.15) is 45.6 Å². The third-order valence-corrected chi connectivity index (χ3v) is 5.52. The van der Waals surface area contributed by atoms with Crippen LogP contribution >= 0.6 is 27.3 Å². The first-order valence-corrected chi connectivity index (χ1v) is 9.70. The molecule has 0 unspecified atom stereocenters. The Hall–Kier alpha value is -2.06. The quantitative estimate of drug-likeness (QED) is 0.687. The number of hydrogen-bond acceptors (Lipinski definition) is 5. The number of rotatable bonds is 5. The van der Waals surface area contributed by atoms with Crippen LogP contribution in [-0.2, 0) is 6.54 Å². The van der Waals surface area contributed by atoms with Gasteiger partial charge < -0.3 is 5.32 Å². The Morgan fingerprint density at radius 3 is 2.76 bits per heavy atom. The molecular weight excluding hydrogens is 402 g/mol. The van der Waals surface area contributed by atoms with Crippen molar-refractivity contribution in [3.63, 3.8) is 0 Å². The molecule has 0 aliphatic heterocycles. The maximum Gasteiger partial charge on any atom is 0.274 e. The molecule has 1 aliphatic carbocycles. The number of carbonyl (C=O) groups excluding carboxylic acids is 1. The molecule has 0 saturated heterocycles. The largest absolute Gasteiger partial charge is 0.344 e. The van der Waals surface area contributed by atoms with E-state index in [1.165, 1.54) is 0 Å². The van der Waals surface area contributed by atoms with E-state index in [4.69, 9.17) is 0 Å². The summed E-state index contributed by atoms with van der Waals surface area (Å²) in [4.78, 5) is 17.0. The third kappa shape index (κ3) is 3.50. The van der Waals surface area contributed by atoms with E-state index in [0.29, 0.717) is 18.2 Å². The van der Waals surface area contributed by atoms with Crippen LogP contribution in [0, 0.1) is 6.92 Å². The molecule has 3 aromatic rings. The van der Waals surface area contributed by atoms with E-state index in [2.05, 4.69) is 36.5 Å². The zero-order chi connectivity index (χ0) is 17.4. The van der Waals surface area contributed by atoms with Crippen molar-refractivity contribution < 1.29 is 4.79 Å². The molecule has 2 aromatic heterocycles. The van der Waals surface area contributed by atoms with Gasteiger partial charge in [0.15, 0.2) is 5.69 Å². The second-order valence-corrected chi connectivity index (χ2v) is 7.91. The van der Waals surface area contributed by atoms with Crippen LogP contribution in [0.2, 0.25) is 0 Å². The zero-order valence-corrected chi connectivity index (χ0v) is 16.0. The predicted molar refractivity (Wildman–Crippen MR) is 99.1 cm³/mol. The van der Waals surface area contributed by atoms with Gasteiger partial charge in [0.25, 0.3) is 5.91 Å². The van der Waals surface area contributed by atoms with Gasteiger partial charge in [0.1, 0.15) is 5.01 Å². The van der Waals surface area contributed by atoms with Crippen molar-refractivity contribution in [1.82, 2.24) is 25.3 Å². The van der Waals surface area contributed by atoms with Crippen molar-refractivity contribution >= 4 is 33.2 Å². The minimum absolute atomic E-state index is 0.196. The second-order valence-electron chi connectivity index (χ2n) is 6.05. The number of benzene rings is 1. The Kier molecular flexibility index (Phi) is 4.39. The fourth-order valence-corrected chi connectivity index (χ4v) is 3.65. The van der Waals surface area contributed by atoms with E-state index in [1.807, 2.05) is 36.6 Å². The molecule has 2 heterocycles. The van der Waals surface area contributed by atoms with Crippen molar-refractivity contribution in [3.05, 3.63) is 56.2 Å². The summed E-state index contributed by atoms with van der Waals surface area (Å²) in [6, 6.07) is 7.84. The highest BCUT2D eigenvalue weighted by atomic mass is 79.9. The number of nitrogens with one attached hydrogen (secondary N) is 1. The van der Waals surface area contributed by atoms with Gasteiger partial charge in [-0.2, -0.15) is 0 Å². The van der Waals surface area contributed by atoms with Crippen molar-refractivity contribution in [2.45, 2.75) is 32.2 Å². The lowest BCUT2D eigenvalue weighted by molar-refractivity contribution is 0.0944. The molecular formula is C17H16BrN5OS. The van der Waals surface area contributed by atoms with E-state index in [1.54, 1.807) is 16.0 Å². The highest BCUT2D eigenvalue weighted by Gasteiger charge is 2.34. The Balaban J connectivity index is 1.59. The molecule has 4 rings (SSSR count). The number of nitrogens with zero attached hydrogens (tertiary/aromatic N) is 4. The van der Waals surface area contributed by atoms with Crippen LogP contribution in [0.25, 0.3) is 5.69 Å². The van der Waals surface area contributed by atoms with Crippen molar-refractivity contribution in [1.29, 1.82) is 0 Å². The summed E-state index contributed by atoms with van der Waals surface area (Å²) in [6.45, 7) is 2.35. The molecule has 1 N–H and O–H groups in total. The second kappa shape index (κ2) is 6.68. The number of thiazole rings is 1. The first kappa shape index (κ1) is 16.4. The van der Waals surface area contributed by atoms with Gasteiger partial charge in [0, 0.05) is 21.5 Å². The maximum atomic E-state index is 12.6. The molecule has 0 bridgehead atoms. The Morgan fingerprint density at radius 2 is 2.12 bits per heavy atom. The van der Waals surface area contributed by atoms with Gasteiger partial charge in [-0.1, -0.05) is 21.1 Å². The summed E-state index contributed by atoms with van der Waals surface area (Å²) in [5.74, 6) is 0.152. The van der Waals surface area contributed by atoms with Crippen LogP contribution in [0.3, 0.4) is 0 Å². The molecule has 1 aliphatic rings. The lowest BCUT2D eigenvalue weighted by Crippen LogP contribution is -2.24. The standard InChI is InChI=1S/C17H16BrN5OS/c1-10-9-25-14(20-10)8-19-17(24)15-16(11-2-3-11)23(22-21-15)13-6-4-12(18)5-7-13/h4-7,9,11H,2-3,8H2,1H3,(H,19,24). The fraction of sp³-hybridized carbons (Fsp3) is 0.294. The minimum atomic E-state index is -0.196. The third-order valence-electron chi connectivity index (χ3n) is 4.02. The van der Waals surface area contributed by atoms with E-state index < -0.39 is 0 Å². The van der Waals surface area contributed by atoms with E-state index >= 15 is 0 Å². The van der Waals surface area contributed by atoms with E-state index in [9.17, 15) is 4.79 Å². The van der Waals surface area contributed by atoms with Crippen LogP contribution in [0.15, 0.2) is 34.1 Å². The SMILES string of the molecule is Cc1csc(CNC(=O)c2nnn(-c3ccc(Br)cc3)c2C2CC2)n1. The molecule has 1 fully saturated rings. The summed E-state index contributed by atoms with van der Waals surface area (Å²) in [5, 5.41) is 14.2. The molecule has 0 radical (unpaired) electrons. The zero-order valence-electron chi connectivity index (χ0n) is 13.6. The van der Waals surface area contributed by atoms with Gasteiger partial charge in [-0.05, 0) is 44.0 Å². The number of halogens is 1. The smallest absolute Gasteiger partial charge is 0.274 e. The summed E-state index contributed by atoms with van der Waals surface area (Å²) >= 11 is 4.98. The van der Waals surface area contributed by atoms with Gasteiger partial charge in [-0.3, -0.25) is 4.79 Å². The average Bonchev–Trinajstić information content (AvgIpc) is 3.21. The molecule has 1 saturated carbocycles. The minimum Gasteiger partial charge on any atom is -0.344 e. The normalized spacial score (nSPS) is 13.8.